The van der Waals surface area contributed by atoms with Gasteiger partial charge in [-0.25, -0.2) is 4.98 Å². The Bertz CT molecular complexity index is 827. The summed E-state index contributed by atoms with van der Waals surface area (Å²) >= 11 is 5.95. The molecule has 22 heavy (non-hydrogen) atoms. The number of hydrogen-bond donors (Lipinski definition) is 2. The van der Waals surface area contributed by atoms with Gasteiger partial charge in [0.2, 0.25) is 5.89 Å². The maximum atomic E-state index is 10.9. The quantitative estimate of drug-likeness (QED) is 0.733. The maximum Gasteiger partial charge on any atom is 0.290 e. The lowest BCUT2D eigenvalue weighted by Crippen LogP contribution is -2.18. The Balaban J connectivity index is 1.69. The van der Waals surface area contributed by atoms with Crippen molar-refractivity contribution in [1.82, 2.24) is 25.0 Å². The fourth-order valence-electron chi connectivity index (χ4n) is 2.07. The highest BCUT2D eigenvalue weighted by atomic mass is 35.5. The van der Waals surface area contributed by atoms with E-state index in [2.05, 4.69) is 20.1 Å². The summed E-state index contributed by atoms with van der Waals surface area (Å²) in [6.45, 7) is 0.915. The van der Waals surface area contributed by atoms with Gasteiger partial charge in [0.25, 0.3) is 11.7 Å². The average Bonchev–Trinajstić information content (AvgIpc) is 3.04. The number of amides is 1. The monoisotopic (exact) mass is 320 g/mol. The Labute approximate surface area is 130 Å². The number of nitrogens with one attached hydrogen (secondary N) is 1. The number of nitrogens with two attached hydrogens (primary N) is 1. The molecule has 0 radical (unpaired) electrons. The van der Waals surface area contributed by atoms with Gasteiger partial charge in [0.1, 0.15) is 5.82 Å². The zero-order chi connectivity index (χ0) is 15.7. The van der Waals surface area contributed by atoms with Crippen molar-refractivity contribution in [2.45, 2.75) is 13.1 Å². The Morgan fingerprint density at radius 3 is 2.95 bits per heavy atom. The summed E-state index contributed by atoms with van der Waals surface area (Å²) in [7, 11) is 1.87. The first kappa shape index (κ1) is 14.5. The topological polar surface area (TPSA) is 114 Å². The molecule has 2 aromatic heterocycles. The molecule has 0 saturated carbocycles. The number of benzene rings is 1. The van der Waals surface area contributed by atoms with Gasteiger partial charge >= 0.3 is 0 Å². The third-order valence-electron chi connectivity index (χ3n) is 3.01. The minimum atomic E-state index is -0.716. The third kappa shape index (κ3) is 3.07. The van der Waals surface area contributed by atoms with E-state index < -0.39 is 5.91 Å². The van der Waals surface area contributed by atoms with Crippen molar-refractivity contribution in [3.63, 3.8) is 0 Å². The number of H-pyrrole nitrogens is 1. The van der Waals surface area contributed by atoms with E-state index >= 15 is 0 Å². The van der Waals surface area contributed by atoms with E-state index in [-0.39, 0.29) is 5.82 Å². The van der Waals surface area contributed by atoms with Crippen LogP contribution < -0.4 is 5.73 Å². The minimum absolute atomic E-state index is 0.123. The second-order valence-corrected chi connectivity index (χ2v) is 5.33. The molecule has 3 aromatic rings. The summed E-state index contributed by atoms with van der Waals surface area (Å²) < 4.78 is 4.96. The van der Waals surface area contributed by atoms with Crippen LogP contribution in [0.2, 0.25) is 5.02 Å². The highest BCUT2D eigenvalue weighted by Crippen LogP contribution is 2.17. The number of fused-ring (bicyclic) bond motifs is 1. The number of rotatable bonds is 5. The molecule has 0 bridgehead atoms. The number of carbonyl (C=O) groups excluding carboxylic acids is 1. The molecule has 1 amide bonds. The summed E-state index contributed by atoms with van der Waals surface area (Å²) in [4.78, 5) is 24.4. The SMILES string of the molecule is CN(Cc1nc2ccc(Cl)cc2[nH]1)Cc1nc(C(N)=O)no1. The van der Waals surface area contributed by atoms with Crippen molar-refractivity contribution in [1.29, 1.82) is 0 Å². The number of primary amides is 1. The van der Waals surface area contributed by atoms with Crippen LogP contribution in [0.5, 0.6) is 0 Å². The zero-order valence-corrected chi connectivity index (χ0v) is 12.5. The van der Waals surface area contributed by atoms with Crippen molar-refractivity contribution in [2.24, 2.45) is 5.73 Å². The van der Waals surface area contributed by atoms with Crippen LogP contribution in [-0.2, 0) is 13.1 Å². The number of hydrogen-bond acceptors (Lipinski definition) is 6. The molecular formula is C13H13ClN6O2. The molecule has 2 heterocycles. The largest absolute Gasteiger partial charge is 0.363 e. The van der Waals surface area contributed by atoms with Crippen LogP contribution in [0.25, 0.3) is 11.0 Å². The fraction of sp³-hybridized carbons (Fsp3) is 0.231. The van der Waals surface area contributed by atoms with Crippen LogP contribution in [-0.4, -0.2) is 38.0 Å². The molecular weight excluding hydrogens is 308 g/mol. The van der Waals surface area contributed by atoms with Gasteiger partial charge in [-0.15, -0.1) is 0 Å². The number of nitrogens with zero attached hydrogens (tertiary/aromatic N) is 4. The normalized spacial score (nSPS) is 11.4. The molecule has 0 spiro atoms. The fourth-order valence-corrected chi connectivity index (χ4v) is 2.24. The van der Waals surface area contributed by atoms with Crippen molar-refractivity contribution >= 4 is 28.5 Å². The first-order chi connectivity index (χ1) is 10.5. The summed E-state index contributed by atoms with van der Waals surface area (Å²) in [5.74, 6) is 0.262. The lowest BCUT2D eigenvalue weighted by atomic mass is 10.3. The highest BCUT2D eigenvalue weighted by Gasteiger charge is 2.14. The number of aromatic nitrogens is 4. The van der Waals surface area contributed by atoms with E-state index in [0.717, 1.165) is 16.9 Å². The van der Waals surface area contributed by atoms with Crippen molar-refractivity contribution in [3.05, 3.63) is 40.8 Å². The van der Waals surface area contributed by atoms with Gasteiger partial charge in [-0.3, -0.25) is 9.69 Å². The summed E-state index contributed by atoms with van der Waals surface area (Å²) in [5, 5.41) is 4.15. The molecule has 9 heteroatoms. The van der Waals surface area contributed by atoms with E-state index in [1.807, 2.05) is 24.1 Å². The average molecular weight is 321 g/mol. The second kappa shape index (κ2) is 5.74. The van der Waals surface area contributed by atoms with Crippen molar-refractivity contribution < 1.29 is 9.32 Å². The van der Waals surface area contributed by atoms with Crippen LogP contribution in [0.15, 0.2) is 22.7 Å². The molecule has 0 aliphatic rings. The van der Waals surface area contributed by atoms with Gasteiger partial charge < -0.3 is 15.2 Å². The van der Waals surface area contributed by atoms with Crippen LogP contribution in [0.1, 0.15) is 22.3 Å². The lowest BCUT2D eigenvalue weighted by molar-refractivity contribution is 0.0987. The molecule has 8 nitrogen and oxygen atoms in total. The van der Waals surface area contributed by atoms with Gasteiger partial charge in [0.15, 0.2) is 0 Å². The van der Waals surface area contributed by atoms with Gasteiger partial charge in [-0.1, -0.05) is 16.8 Å². The van der Waals surface area contributed by atoms with Crippen molar-refractivity contribution in [3.8, 4) is 0 Å². The van der Waals surface area contributed by atoms with Crippen molar-refractivity contribution in [2.75, 3.05) is 7.05 Å². The maximum absolute atomic E-state index is 10.9. The molecule has 3 rings (SSSR count). The second-order valence-electron chi connectivity index (χ2n) is 4.89. The molecule has 0 unspecified atom stereocenters. The predicted molar refractivity (Wildman–Crippen MR) is 79.1 cm³/mol. The number of imidazole rings is 1. The first-order valence-electron chi connectivity index (χ1n) is 6.46. The smallest absolute Gasteiger partial charge is 0.290 e. The minimum Gasteiger partial charge on any atom is -0.363 e. The Morgan fingerprint density at radius 2 is 2.23 bits per heavy atom. The molecule has 3 N–H and O–H groups in total. The number of halogens is 1. The zero-order valence-electron chi connectivity index (χ0n) is 11.7. The highest BCUT2D eigenvalue weighted by molar-refractivity contribution is 6.31. The molecule has 1 aromatic carbocycles. The van der Waals surface area contributed by atoms with Gasteiger partial charge in [-0.2, -0.15) is 4.98 Å². The molecule has 0 saturated heterocycles. The van der Waals surface area contributed by atoms with Crippen LogP contribution in [0, 0.1) is 0 Å². The summed E-state index contributed by atoms with van der Waals surface area (Å²) in [6.07, 6.45) is 0. The van der Waals surface area contributed by atoms with Crippen LogP contribution in [0.4, 0.5) is 0 Å². The molecule has 0 aliphatic heterocycles. The van der Waals surface area contributed by atoms with E-state index in [1.165, 1.54) is 0 Å². The third-order valence-corrected chi connectivity index (χ3v) is 3.24. The van der Waals surface area contributed by atoms with Crippen LogP contribution in [0.3, 0.4) is 0 Å². The molecule has 0 atom stereocenters. The Hall–Kier alpha value is -2.45. The lowest BCUT2D eigenvalue weighted by Gasteiger charge is -2.11. The first-order valence-corrected chi connectivity index (χ1v) is 6.84. The van der Waals surface area contributed by atoms with Gasteiger partial charge in [-0.05, 0) is 25.2 Å². The van der Waals surface area contributed by atoms with Gasteiger partial charge in [0, 0.05) is 5.02 Å². The van der Waals surface area contributed by atoms with E-state index in [0.29, 0.717) is 24.0 Å². The predicted octanol–water partition coefficient (Wildman–Crippen LogP) is 1.33. The van der Waals surface area contributed by atoms with E-state index in [4.69, 9.17) is 21.9 Å². The number of aromatic amines is 1. The van der Waals surface area contributed by atoms with Crippen LogP contribution >= 0.6 is 11.6 Å². The Kier molecular flexibility index (Phi) is 3.78. The number of carbonyl (C=O) groups is 1. The Morgan fingerprint density at radius 1 is 1.41 bits per heavy atom. The molecule has 0 fully saturated rings. The summed E-state index contributed by atoms with van der Waals surface area (Å²) in [5.41, 5.74) is 6.80. The molecule has 114 valence electrons. The van der Waals surface area contributed by atoms with E-state index in [9.17, 15) is 4.79 Å². The van der Waals surface area contributed by atoms with E-state index in [1.54, 1.807) is 6.07 Å². The summed E-state index contributed by atoms with van der Waals surface area (Å²) in [6, 6.07) is 5.47. The molecule has 0 aliphatic carbocycles. The standard InChI is InChI=1S/C13H13ClN6O2/c1-20(6-11-18-13(12(15)21)19-22-11)5-10-16-8-3-2-7(14)4-9(8)17-10/h2-4H,5-6H2,1H3,(H2,15,21)(H,16,17). The van der Waals surface area contributed by atoms with Gasteiger partial charge in [0.05, 0.1) is 24.1 Å².